The lowest BCUT2D eigenvalue weighted by Crippen LogP contribution is -2.46. The maximum absolute atomic E-state index is 5.74. The van der Waals surface area contributed by atoms with Gasteiger partial charge in [-0.3, -0.25) is 4.90 Å². The third kappa shape index (κ3) is 5.80. The average molecular weight is 231 g/mol. The van der Waals surface area contributed by atoms with Crippen LogP contribution in [-0.2, 0) is 14.2 Å². The van der Waals surface area contributed by atoms with Crippen LogP contribution in [0, 0.1) is 0 Å². The van der Waals surface area contributed by atoms with Crippen molar-refractivity contribution in [1.82, 2.24) is 4.90 Å². The molecule has 1 aliphatic rings. The normalized spacial score (nSPS) is 23.6. The molecule has 0 spiro atoms. The minimum absolute atomic E-state index is 0.0852. The number of hydrogen-bond donors (Lipinski definition) is 0. The van der Waals surface area contributed by atoms with E-state index in [4.69, 9.17) is 14.2 Å². The van der Waals surface area contributed by atoms with Gasteiger partial charge in [-0.15, -0.1) is 0 Å². The number of rotatable bonds is 5. The first-order valence-corrected chi connectivity index (χ1v) is 5.98. The minimum Gasteiger partial charge on any atom is -0.383 e. The van der Waals surface area contributed by atoms with Gasteiger partial charge in [-0.1, -0.05) is 0 Å². The average Bonchev–Trinajstić information content (AvgIpc) is 2.23. The number of morpholine rings is 1. The molecule has 0 aromatic rings. The van der Waals surface area contributed by atoms with Crippen molar-refractivity contribution in [3.63, 3.8) is 0 Å². The highest BCUT2D eigenvalue weighted by molar-refractivity contribution is 4.72. The Morgan fingerprint density at radius 2 is 2.12 bits per heavy atom. The maximum Gasteiger partial charge on any atom is 0.0935 e. The summed E-state index contributed by atoms with van der Waals surface area (Å²) in [4.78, 5) is 2.36. The van der Waals surface area contributed by atoms with Gasteiger partial charge >= 0.3 is 0 Å². The van der Waals surface area contributed by atoms with E-state index < -0.39 is 0 Å². The summed E-state index contributed by atoms with van der Waals surface area (Å²) < 4.78 is 16.5. The molecule has 0 aliphatic carbocycles. The zero-order chi connectivity index (χ0) is 12.0. The summed E-state index contributed by atoms with van der Waals surface area (Å²) in [6, 6.07) is 0. The van der Waals surface area contributed by atoms with E-state index in [9.17, 15) is 0 Å². The topological polar surface area (TPSA) is 30.9 Å². The molecule has 1 heterocycles. The van der Waals surface area contributed by atoms with E-state index in [1.54, 1.807) is 7.11 Å². The van der Waals surface area contributed by atoms with Crippen molar-refractivity contribution >= 4 is 0 Å². The molecular weight excluding hydrogens is 206 g/mol. The number of hydrogen-bond acceptors (Lipinski definition) is 4. The smallest absolute Gasteiger partial charge is 0.0935 e. The van der Waals surface area contributed by atoms with E-state index in [2.05, 4.69) is 25.7 Å². The molecule has 0 radical (unpaired) electrons. The van der Waals surface area contributed by atoms with Gasteiger partial charge in [0.2, 0.25) is 0 Å². The Kier molecular flexibility index (Phi) is 5.69. The summed E-state index contributed by atoms with van der Waals surface area (Å²) in [5, 5.41) is 0. The Morgan fingerprint density at radius 1 is 1.38 bits per heavy atom. The van der Waals surface area contributed by atoms with Gasteiger partial charge in [-0.05, 0) is 20.8 Å². The molecule has 4 heteroatoms. The molecule has 1 rings (SSSR count). The molecule has 4 nitrogen and oxygen atoms in total. The van der Waals surface area contributed by atoms with Crippen molar-refractivity contribution in [2.45, 2.75) is 32.5 Å². The van der Waals surface area contributed by atoms with Crippen LogP contribution in [0.25, 0.3) is 0 Å². The predicted molar refractivity (Wildman–Crippen MR) is 63.8 cm³/mol. The molecule has 1 fully saturated rings. The second kappa shape index (κ2) is 6.55. The lowest BCUT2D eigenvalue weighted by molar-refractivity contribution is -0.104. The van der Waals surface area contributed by atoms with Crippen LogP contribution in [0.5, 0.6) is 0 Å². The predicted octanol–water partition coefficient (Wildman–Crippen LogP) is 1.15. The van der Waals surface area contributed by atoms with Crippen LogP contribution in [0.3, 0.4) is 0 Å². The molecule has 96 valence electrons. The molecule has 1 atom stereocenters. The Labute approximate surface area is 98.8 Å². The monoisotopic (exact) mass is 231 g/mol. The van der Waals surface area contributed by atoms with Crippen molar-refractivity contribution in [1.29, 1.82) is 0 Å². The fraction of sp³-hybridized carbons (Fsp3) is 1.00. The van der Waals surface area contributed by atoms with Crippen molar-refractivity contribution in [2.75, 3.05) is 46.6 Å². The number of ether oxygens (including phenoxy) is 3. The molecule has 0 amide bonds. The summed E-state index contributed by atoms with van der Waals surface area (Å²) in [5.74, 6) is 0. The number of nitrogens with zero attached hydrogens (tertiary/aromatic N) is 1. The molecule has 1 aliphatic heterocycles. The maximum atomic E-state index is 5.74. The number of methoxy groups -OCH3 is 1. The first kappa shape index (κ1) is 13.9. The molecule has 1 saturated heterocycles. The lowest BCUT2D eigenvalue weighted by atomic mass is 10.2. The highest BCUT2D eigenvalue weighted by Gasteiger charge is 2.22. The third-order valence-electron chi connectivity index (χ3n) is 2.54. The molecule has 0 saturated carbocycles. The summed E-state index contributed by atoms with van der Waals surface area (Å²) >= 11 is 0. The van der Waals surface area contributed by atoms with Crippen molar-refractivity contribution in [3.05, 3.63) is 0 Å². The van der Waals surface area contributed by atoms with Gasteiger partial charge in [0, 0.05) is 26.7 Å². The fourth-order valence-electron chi connectivity index (χ4n) is 1.65. The largest absolute Gasteiger partial charge is 0.383 e. The van der Waals surface area contributed by atoms with Crippen LogP contribution >= 0.6 is 0 Å². The zero-order valence-electron chi connectivity index (χ0n) is 11.0. The quantitative estimate of drug-likeness (QED) is 0.710. The van der Waals surface area contributed by atoms with Gasteiger partial charge in [0.15, 0.2) is 0 Å². The first-order chi connectivity index (χ1) is 7.51. The molecular formula is C12H25NO3. The Morgan fingerprint density at radius 3 is 2.75 bits per heavy atom. The lowest BCUT2D eigenvalue weighted by Gasteiger charge is -2.34. The Hall–Kier alpha value is -0.160. The first-order valence-electron chi connectivity index (χ1n) is 5.98. The standard InChI is InChI=1S/C12H25NO3/c1-12(2,3)16-10-11-9-13(5-7-14-4)6-8-15-11/h11H,5-10H2,1-4H3. The van der Waals surface area contributed by atoms with Crippen LogP contribution in [0.15, 0.2) is 0 Å². The summed E-state index contributed by atoms with van der Waals surface area (Å²) in [6.07, 6.45) is 0.199. The van der Waals surface area contributed by atoms with Crippen LogP contribution in [-0.4, -0.2) is 63.2 Å². The molecule has 0 bridgehead atoms. The van der Waals surface area contributed by atoms with E-state index in [0.717, 1.165) is 32.8 Å². The van der Waals surface area contributed by atoms with E-state index in [0.29, 0.717) is 6.61 Å². The third-order valence-corrected chi connectivity index (χ3v) is 2.54. The second-order valence-corrected chi connectivity index (χ2v) is 5.21. The Bertz CT molecular complexity index is 191. The van der Waals surface area contributed by atoms with E-state index in [1.165, 1.54) is 0 Å². The summed E-state index contributed by atoms with van der Waals surface area (Å²) in [7, 11) is 1.74. The van der Waals surface area contributed by atoms with Crippen LogP contribution in [0.2, 0.25) is 0 Å². The van der Waals surface area contributed by atoms with Gasteiger partial charge in [0.05, 0.1) is 31.5 Å². The second-order valence-electron chi connectivity index (χ2n) is 5.21. The van der Waals surface area contributed by atoms with E-state index in [1.807, 2.05) is 0 Å². The van der Waals surface area contributed by atoms with Crippen molar-refractivity contribution < 1.29 is 14.2 Å². The van der Waals surface area contributed by atoms with Gasteiger partial charge in [-0.2, -0.15) is 0 Å². The van der Waals surface area contributed by atoms with E-state index >= 15 is 0 Å². The molecule has 0 N–H and O–H groups in total. The van der Waals surface area contributed by atoms with Crippen LogP contribution in [0.4, 0.5) is 0 Å². The Balaban J connectivity index is 2.22. The fourth-order valence-corrected chi connectivity index (χ4v) is 1.65. The highest BCUT2D eigenvalue weighted by atomic mass is 16.5. The van der Waals surface area contributed by atoms with Crippen molar-refractivity contribution in [3.8, 4) is 0 Å². The zero-order valence-corrected chi connectivity index (χ0v) is 11.0. The van der Waals surface area contributed by atoms with Gasteiger partial charge < -0.3 is 14.2 Å². The molecule has 0 aromatic heterocycles. The molecule has 1 unspecified atom stereocenters. The summed E-state index contributed by atoms with van der Waals surface area (Å²) in [5.41, 5.74) is -0.0852. The van der Waals surface area contributed by atoms with Gasteiger partial charge in [0.25, 0.3) is 0 Å². The SMILES string of the molecule is COCCN1CCOC(COC(C)(C)C)C1. The van der Waals surface area contributed by atoms with Crippen LogP contribution in [0.1, 0.15) is 20.8 Å². The molecule has 0 aromatic carbocycles. The molecule has 16 heavy (non-hydrogen) atoms. The van der Waals surface area contributed by atoms with E-state index in [-0.39, 0.29) is 11.7 Å². The van der Waals surface area contributed by atoms with Crippen LogP contribution < -0.4 is 0 Å². The summed E-state index contributed by atoms with van der Waals surface area (Å²) in [6.45, 7) is 11.4. The van der Waals surface area contributed by atoms with Gasteiger partial charge in [0.1, 0.15) is 0 Å². The van der Waals surface area contributed by atoms with Crippen molar-refractivity contribution in [2.24, 2.45) is 0 Å². The minimum atomic E-state index is -0.0852. The highest BCUT2D eigenvalue weighted by Crippen LogP contribution is 2.11. The van der Waals surface area contributed by atoms with Gasteiger partial charge in [-0.25, -0.2) is 0 Å².